The maximum Gasteiger partial charge on any atom is 0.325 e. The van der Waals surface area contributed by atoms with Gasteiger partial charge in [-0.1, -0.05) is 90.9 Å². The van der Waals surface area contributed by atoms with E-state index in [0.717, 1.165) is 25.7 Å². The maximum absolute atomic E-state index is 12.4. The summed E-state index contributed by atoms with van der Waals surface area (Å²) in [5, 5.41) is 2.74. The number of nitrogens with one attached hydrogen (secondary N) is 1. The third-order valence-electron chi connectivity index (χ3n) is 4.82. The van der Waals surface area contributed by atoms with E-state index >= 15 is 0 Å². The number of unbranched alkanes of at least 4 members (excludes halogenated alkanes) is 10. The number of carbonyl (C=O) groups excluding carboxylic acids is 2. The van der Waals surface area contributed by atoms with Crippen molar-refractivity contribution >= 4 is 11.9 Å². The zero-order valence-corrected chi connectivity index (χ0v) is 16.9. The van der Waals surface area contributed by atoms with Gasteiger partial charge in [-0.2, -0.15) is 0 Å². The van der Waals surface area contributed by atoms with Gasteiger partial charge in [-0.3, -0.25) is 9.59 Å². The smallest absolute Gasteiger partial charge is 0.325 e. The average Bonchev–Trinajstić information content (AvgIpc) is 2.63. The molecular formula is C21H41NO3. The second-order valence-corrected chi connectivity index (χ2v) is 7.10. The van der Waals surface area contributed by atoms with Crippen LogP contribution < -0.4 is 5.32 Å². The number of hydrogen-bond acceptors (Lipinski definition) is 3. The van der Waals surface area contributed by atoms with E-state index in [-0.39, 0.29) is 24.3 Å². The highest BCUT2D eigenvalue weighted by Gasteiger charge is 2.18. The van der Waals surface area contributed by atoms with Gasteiger partial charge >= 0.3 is 5.97 Å². The number of hydrogen-bond donors (Lipinski definition) is 1. The van der Waals surface area contributed by atoms with Crippen LogP contribution in [-0.4, -0.2) is 25.5 Å². The summed E-state index contributed by atoms with van der Waals surface area (Å²) in [6.45, 7) is 4.43. The fraction of sp³-hybridized carbons (Fsp3) is 0.905. The molecular weight excluding hydrogens is 314 g/mol. The Morgan fingerprint density at radius 3 is 1.64 bits per heavy atom. The quantitative estimate of drug-likeness (QED) is 0.281. The van der Waals surface area contributed by atoms with Crippen LogP contribution in [0.4, 0.5) is 0 Å². The van der Waals surface area contributed by atoms with E-state index in [1.54, 1.807) is 0 Å². The number of rotatable bonds is 17. The minimum absolute atomic E-state index is 0.0152. The van der Waals surface area contributed by atoms with Crippen LogP contribution in [0.2, 0.25) is 0 Å². The summed E-state index contributed by atoms with van der Waals surface area (Å²) < 4.78 is 4.60. The molecule has 1 amide bonds. The van der Waals surface area contributed by atoms with Crippen molar-refractivity contribution in [3.63, 3.8) is 0 Å². The Bertz CT molecular complexity index is 331. The average molecular weight is 356 g/mol. The van der Waals surface area contributed by atoms with Crippen LogP contribution in [0.25, 0.3) is 0 Å². The molecule has 0 aromatic carbocycles. The topological polar surface area (TPSA) is 55.4 Å². The predicted molar refractivity (Wildman–Crippen MR) is 105 cm³/mol. The molecule has 0 aliphatic carbocycles. The molecule has 0 aromatic rings. The number of amides is 1. The molecule has 148 valence electrons. The van der Waals surface area contributed by atoms with Gasteiger partial charge in [-0.15, -0.1) is 0 Å². The van der Waals surface area contributed by atoms with Crippen molar-refractivity contribution in [1.29, 1.82) is 0 Å². The first kappa shape index (κ1) is 23.9. The van der Waals surface area contributed by atoms with Gasteiger partial charge in [0.1, 0.15) is 6.54 Å². The van der Waals surface area contributed by atoms with Crippen LogP contribution in [0.1, 0.15) is 104 Å². The molecule has 0 heterocycles. The Balaban J connectivity index is 4.09. The Morgan fingerprint density at radius 1 is 0.760 bits per heavy atom. The summed E-state index contributed by atoms with van der Waals surface area (Å²) in [4.78, 5) is 23.6. The van der Waals surface area contributed by atoms with Crippen molar-refractivity contribution in [2.45, 2.75) is 104 Å². The summed E-state index contributed by atoms with van der Waals surface area (Å²) in [7, 11) is 1.35. The van der Waals surface area contributed by atoms with E-state index in [1.807, 2.05) is 0 Å². The summed E-state index contributed by atoms with van der Waals surface area (Å²) in [5.74, 6) is -0.320. The molecule has 25 heavy (non-hydrogen) atoms. The van der Waals surface area contributed by atoms with E-state index < -0.39 is 0 Å². The van der Waals surface area contributed by atoms with E-state index in [2.05, 4.69) is 23.9 Å². The zero-order chi connectivity index (χ0) is 18.8. The minimum atomic E-state index is -0.383. The lowest BCUT2D eigenvalue weighted by Crippen LogP contribution is -2.35. The number of ether oxygens (including phenoxy) is 1. The van der Waals surface area contributed by atoms with Gasteiger partial charge in [0.15, 0.2) is 0 Å². The molecule has 0 bridgehead atoms. The summed E-state index contributed by atoms with van der Waals surface area (Å²) in [6.07, 6.45) is 16.8. The number of carbonyl (C=O) groups is 2. The molecule has 0 saturated carbocycles. The van der Waals surface area contributed by atoms with Crippen molar-refractivity contribution in [2.24, 2.45) is 5.92 Å². The lowest BCUT2D eigenvalue weighted by Gasteiger charge is -2.16. The summed E-state index contributed by atoms with van der Waals surface area (Å²) in [5.41, 5.74) is 0. The molecule has 0 fully saturated rings. The molecule has 0 radical (unpaired) electrons. The molecule has 1 atom stereocenters. The normalized spacial score (nSPS) is 12.0. The second kappa shape index (κ2) is 17.8. The molecule has 0 aliphatic heterocycles. The Hall–Kier alpha value is -1.06. The SMILES string of the molecule is CCCCCCCCCC(CCCCCCC)C(=O)NCC(=O)OC. The van der Waals surface area contributed by atoms with Crippen LogP contribution >= 0.6 is 0 Å². The van der Waals surface area contributed by atoms with Crippen molar-refractivity contribution in [1.82, 2.24) is 5.32 Å². The Labute approximate surface area is 155 Å². The lowest BCUT2D eigenvalue weighted by atomic mass is 9.93. The second-order valence-electron chi connectivity index (χ2n) is 7.10. The van der Waals surface area contributed by atoms with Gasteiger partial charge < -0.3 is 10.1 Å². The first-order valence-electron chi connectivity index (χ1n) is 10.5. The van der Waals surface area contributed by atoms with Crippen LogP contribution in [0.3, 0.4) is 0 Å². The molecule has 0 rings (SSSR count). The van der Waals surface area contributed by atoms with Gasteiger partial charge in [0, 0.05) is 5.92 Å². The van der Waals surface area contributed by atoms with Gasteiger partial charge in [0.25, 0.3) is 0 Å². The molecule has 4 heteroatoms. The first-order valence-corrected chi connectivity index (χ1v) is 10.5. The predicted octanol–water partition coefficient (Wildman–Crippen LogP) is 5.39. The molecule has 1 N–H and O–H groups in total. The van der Waals surface area contributed by atoms with E-state index in [0.29, 0.717) is 0 Å². The van der Waals surface area contributed by atoms with Gasteiger partial charge in [0.2, 0.25) is 5.91 Å². The monoisotopic (exact) mass is 355 g/mol. The molecule has 4 nitrogen and oxygen atoms in total. The molecule has 0 aliphatic rings. The van der Waals surface area contributed by atoms with Crippen molar-refractivity contribution in [3.05, 3.63) is 0 Å². The zero-order valence-electron chi connectivity index (χ0n) is 16.9. The van der Waals surface area contributed by atoms with Crippen LogP contribution in [-0.2, 0) is 14.3 Å². The highest BCUT2D eigenvalue weighted by molar-refractivity contribution is 5.83. The Morgan fingerprint density at radius 2 is 1.20 bits per heavy atom. The van der Waals surface area contributed by atoms with Crippen LogP contribution in [0, 0.1) is 5.92 Å². The van der Waals surface area contributed by atoms with Crippen molar-refractivity contribution in [2.75, 3.05) is 13.7 Å². The van der Waals surface area contributed by atoms with Crippen LogP contribution in [0.15, 0.2) is 0 Å². The van der Waals surface area contributed by atoms with Crippen molar-refractivity contribution in [3.8, 4) is 0 Å². The van der Waals surface area contributed by atoms with Gasteiger partial charge in [0.05, 0.1) is 7.11 Å². The fourth-order valence-corrected chi connectivity index (χ4v) is 3.12. The molecule has 0 spiro atoms. The highest BCUT2D eigenvalue weighted by atomic mass is 16.5. The Kier molecular flexibility index (Phi) is 17.0. The van der Waals surface area contributed by atoms with Crippen molar-refractivity contribution < 1.29 is 14.3 Å². The van der Waals surface area contributed by atoms with E-state index in [4.69, 9.17) is 0 Å². The fourth-order valence-electron chi connectivity index (χ4n) is 3.12. The molecule has 0 aromatic heterocycles. The van der Waals surface area contributed by atoms with Gasteiger partial charge in [-0.25, -0.2) is 0 Å². The third kappa shape index (κ3) is 14.9. The largest absolute Gasteiger partial charge is 0.468 e. The highest BCUT2D eigenvalue weighted by Crippen LogP contribution is 2.19. The molecule has 0 saturated heterocycles. The standard InChI is InChI=1S/C21H41NO3/c1-4-6-8-10-11-13-15-17-19(16-14-12-9-7-5-2)21(24)22-18-20(23)25-3/h19H,4-18H2,1-3H3,(H,22,24). The maximum atomic E-state index is 12.4. The first-order chi connectivity index (χ1) is 12.2. The van der Waals surface area contributed by atoms with Gasteiger partial charge in [-0.05, 0) is 12.8 Å². The number of methoxy groups -OCH3 is 1. The lowest BCUT2D eigenvalue weighted by molar-refractivity contribution is -0.141. The van der Waals surface area contributed by atoms with Crippen LogP contribution in [0.5, 0.6) is 0 Å². The number of esters is 1. The summed E-state index contributed by atoms with van der Waals surface area (Å²) >= 11 is 0. The third-order valence-corrected chi connectivity index (χ3v) is 4.82. The summed E-state index contributed by atoms with van der Waals surface area (Å²) in [6, 6.07) is 0. The molecule has 1 unspecified atom stereocenters. The van der Waals surface area contributed by atoms with E-state index in [9.17, 15) is 9.59 Å². The minimum Gasteiger partial charge on any atom is -0.468 e. The van der Waals surface area contributed by atoms with E-state index in [1.165, 1.54) is 71.3 Å².